The van der Waals surface area contributed by atoms with E-state index in [4.69, 9.17) is 17.3 Å². The molecule has 2 N–H and O–H groups in total. The van der Waals surface area contributed by atoms with Crippen molar-refractivity contribution < 1.29 is 0 Å². The van der Waals surface area contributed by atoms with Crippen LogP contribution in [0, 0.1) is 0 Å². The lowest BCUT2D eigenvalue weighted by Gasteiger charge is -2.11. The summed E-state index contributed by atoms with van der Waals surface area (Å²) in [5, 5.41) is 0.934. The number of nitrogens with two attached hydrogens (primary N) is 1. The highest BCUT2D eigenvalue weighted by atomic mass is 35.5. The van der Waals surface area contributed by atoms with Crippen LogP contribution in [0.2, 0.25) is 0 Å². The van der Waals surface area contributed by atoms with Gasteiger partial charge in [-0.25, -0.2) is 0 Å². The fourth-order valence-electron chi connectivity index (χ4n) is 1.55. The van der Waals surface area contributed by atoms with Gasteiger partial charge in [0.05, 0.1) is 0 Å². The highest BCUT2D eigenvalue weighted by Gasteiger charge is 2.06. The number of hydrogen-bond acceptors (Lipinski definition) is 1. The van der Waals surface area contributed by atoms with Crippen LogP contribution >= 0.6 is 11.6 Å². The highest BCUT2D eigenvalue weighted by molar-refractivity contribution is 6.29. The fraction of sp³-hybridized carbons (Fsp3) is 0.167. The summed E-state index contributed by atoms with van der Waals surface area (Å²) in [6.07, 6.45) is 6.01. The fourth-order valence-corrected chi connectivity index (χ4v) is 1.71. The van der Waals surface area contributed by atoms with Crippen LogP contribution < -0.4 is 5.73 Å². The van der Waals surface area contributed by atoms with Crippen molar-refractivity contribution in [3.8, 4) is 0 Å². The smallest absolute Gasteiger partial charge is 0.0314 e. The van der Waals surface area contributed by atoms with Crippen molar-refractivity contribution in [2.75, 3.05) is 5.73 Å². The van der Waals surface area contributed by atoms with Crippen molar-refractivity contribution in [1.82, 2.24) is 0 Å². The minimum Gasteiger partial charge on any atom is -0.399 e. The molecular formula is C12H12ClN. The van der Waals surface area contributed by atoms with Crippen molar-refractivity contribution in [3.63, 3.8) is 0 Å². The zero-order valence-corrected chi connectivity index (χ0v) is 8.59. The molecule has 14 heavy (non-hydrogen) atoms. The standard InChI is InChI=1S/C12H12ClN/c13-11-5-1-9(2-6-11)10-3-7-12(14)8-4-10/h1,3-5,7-8H,2,6,14H2. The van der Waals surface area contributed by atoms with Crippen molar-refractivity contribution in [1.29, 1.82) is 0 Å². The molecule has 0 radical (unpaired) electrons. The predicted octanol–water partition coefficient (Wildman–Crippen LogP) is 3.57. The van der Waals surface area contributed by atoms with Gasteiger partial charge in [-0.3, -0.25) is 0 Å². The van der Waals surface area contributed by atoms with Crippen molar-refractivity contribution >= 4 is 22.9 Å². The Labute approximate surface area is 88.9 Å². The quantitative estimate of drug-likeness (QED) is 0.697. The molecule has 0 fully saturated rings. The van der Waals surface area contributed by atoms with Gasteiger partial charge in [0.25, 0.3) is 0 Å². The second-order valence-electron chi connectivity index (χ2n) is 3.43. The summed E-state index contributed by atoms with van der Waals surface area (Å²) in [6, 6.07) is 7.95. The average Bonchev–Trinajstić information content (AvgIpc) is 2.21. The van der Waals surface area contributed by atoms with Gasteiger partial charge in [0.15, 0.2) is 0 Å². The molecule has 0 atom stereocenters. The maximum Gasteiger partial charge on any atom is 0.0314 e. The van der Waals surface area contributed by atoms with Crippen LogP contribution in [0.3, 0.4) is 0 Å². The summed E-state index contributed by atoms with van der Waals surface area (Å²) in [5.41, 5.74) is 8.99. The number of hydrogen-bond donors (Lipinski definition) is 1. The van der Waals surface area contributed by atoms with Crippen LogP contribution in [0.1, 0.15) is 18.4 Å². The van der Waals surface area contributed by atoms with Crippen molar-refractivity contribution in [2.24, 2.45) is 0 Å². The molecule has 0 unspecified atom stereocenters. The van der Waals surface area contributed by atoms with Gasteiger partial charge in [-0.2, -0.15) is 0 Å². The van der Waals surface area contributed by atoms with Gasteiger partial charge >= 0.3 is 0 Å². The highest BCUT2D eigenvalue weighted by Crippen LogP contribution is 2.28. The number of halogens is 1. The Balaban J connectivity index is 2.28. The van der Waals surface area contributed by atoms with Gasteiger partial charge in [0, 0.05) is 10.7 Å². The first-order valence-electron chi connectivity index (χ1n) is 4.67. The van der Waals surface area contributed by atoms with E-state index in [-0.39, 0.29) is 0 Å². The Bertz CT molecular complexity index is 387. The van der Waals surface area contributed by atoms with E-state index in [1.54, 1.807) is 0 Å². The molecule has 1 aliphatic rings. The minimum absolute atomic E-state index is 0.804. The number of allylic oxidation sites excluding steroid dienone is 4. The first-order chi connectivity index (χ1) is 6.75. The Morgan fingerprint density at radius 3 is 2.29 bits per heavy atom. The lowest BCUT2D eigenvalue weighted by Crippen LogP contribution is -1.91. The Morgan fingerprint density at radius 2 is 1.71 bits per heavy atom. The summed E-state index contributed by atoms with van der Waals surface area (Å²) >= 11 is 5.89. The molecule has 1 aromatic rings. The van der Waals surface area contributed by atoms with Crippen LogP contribution in [0.5, 0.6) is 0 Å². The third-order valence-corrected chi connectivity index (χ3v) is 2.69. The monoisotopic (exact) mass is 205 g/mol. The maximum atomic E-state index is 5.89. The summed E-state index contributed by atoms with van der Waals surface area (Å²) in [7, 11) is 0. The van der Waals surface area contributed by atoms with E-state index in [0.29, 0.717) is 0 Å². The summed E-state index contributed by atoms with van der Waals surface area (Å²) in [6.45, 7) is 0. The van der Waals surface area contributed by atoms with Gasteiger partial charge in [0.2, 0.25) is 0 Å². The van der Waals surface area contributed by atoms with Gasteiger partial charge in [-0.1, -0.05) is 29.8 Å². The molecule has 2 rings (SSSR count). The van der Waals surface area contributed by atoms with Crippen molar-refractivity contribution in [2.45, 2.75) is 12.8 Å². The molecule has 0 bridgehead atoms. The molecule has 0 saturated heterocycles. The van der Waals surface area contributed by atoms with Gasteiger partial charge in [-0.05, 0) is 42.2 Å². The Hall–Kier alpha value is -1.21. The van der Waals surface area contributed by atoms with E-state index in [0.717, 1.165) is 23.6 Å². The molecule has 0 spiro atoms. The molecule has 0 heterocycles. The van der Waals surface area contributed by atoms with E-state index in [1.165, 1.54) is 11.1 Å². The van der Waals surface area contributed by atoms with Crippen LogP contribution in [0.15, 0.2) is 41.4 Å². The molecule has 1 nitrogen and oxygen atoms in total. The zero-order valence-electron chi connectivity index (χ0n) is 7.83. The predicted molar refractivity (Wildman–Crippen MR) is 62.0 cm³/mol. The van der Waals surface area contributed by atoms with Gasteiger partial charge < -0.3 is 5.73 Å². The zero-order chi connectivity index (χ0) is 9.97. The molecule has 2 heteroatoms. The first-order valence-corrected chi connectivity index (χ1v) is 5.04. The summed E-state index contributed by atoms with van der Waals surface area (Å²) in [4.78, 5) is 0. The normalized spacial score (nSPS) is 16.1. The van der Waals surface area contributed by atoms with Crippen LogP contribution in [-0.4, -0.2) is 0 Å². The average molecular weight is 206 g/mol. The second kappa shape index (κ2) is 3.89. The largest absolute Gasteiger partial charge is 0.399 e. The third kappa shape index (κ3) is 1.99. The Kier molecular flexibility index (Phi) is 2.60. The van der Waals surface area contributed by atoms with E-state index in [1.807, 2.05) is 30.3 Å². The number of benzene rings is 1. The van der Waals surface area contributed by atoms with E-state index >= 15 is 0 Å². The van der Waals surface area contributed by atoms with E-state index < -0.39 is 0 Å². The molecule has 0 aliphatic heterocycles. The number of rotatable bonds is 1. The molecule has 0 saturated carbocycles. The summed E-state index contributed by atoms with van der Waals surface area (Å²) in [5.74, 6) is 0. The maximum absolute atomic E-state index is 5.89. The topological polar surface area (TPSA) is 26.0 Å². The summed E-state index contributed by atoms with van der Waals surface area (Å²) < 4.78 is 0. The lowest BCUT2D eigenvalue weighted by atomic mass is 9.97. The molecule has 0 amide bonds. The minimum atomic E-state index is 0.804. The number of nitrogen functional groups attached to an aromatic ring is 1. The molecular weight excluding hydrogens is 194 g/mol. The first kappa shape index (κ1) is 9.35. The number of anilines is 1. The SMILES string of the molecule is Nc1ccc(C2=CC=C(Cl)CC2)cc1. The molecule has 72 valence electrons. The van der Waals surface area contributed by atoms with Crippen molar-refractivity contribution in [3.05, 3.63) is 47.0 Å². The molecule has 1 aliphatic carbocycles. The second-order valence-corrected chi connectivity index (χ2v) is 3.91. The van der Waals surface area contributed by atoms with Crippen LogP contribution in [0.4, 0.5) is 5.69 Å². The third-order valence-electron chi connectivity index (χ3n) is 2.38. The Morgan fingerprint density at radius 1 is 1.00 bits per heavy atom. The van der Waals surface area contributed by atoms with E-state index in [9.17, 15) is 0 Å². The van der Waals surface area contributed by atoms with Crippen LogP contribution in [-0.2, 0) is 0 Å². The van der Waals surface area contributed by atoms with Gasteiger partial charge in [-0.15, -0.1) is 0 Å². The lowest BCUT2D eigenvalue weighted by molar-refractivity contribution is 1.03. The molecule has 0 aromatic heterocycles. The van der Waals surface area contributed by atoms with Gasteiger partial charge in [0.1, 0.15) is 0 Å². The van der Waals surface area contributed by atoms with Crippen LogP contribution in [0.25, 0.3) is 5.57 Å². The molecule has 1 aromatic carbocycles. The van der Waals surface area contributed by atoms with E-state index in [2.05, 4.69) is 6.08 Å².